The predicted octanol–water partition coefficient (Wildman–Crippen LogP) is 1.44. The molecular weight excluding hydrogens is 274 g/mol. The zero-order valence-corrected chi connectivity index (χ0v) is 13.2. The van der Waals surface area contributed by atoms with E-state index in [2.05, 4.69) is 17.1 Å². The summed E-state index contributed by atoms with van der Waals surface area (Å²) in [7, 11) is -1.40. The van der Waals surface area contributed by atoms with Crippen LogP contribution in [0.5, 0.6) is 0 Å². The van der Waals surface area contributed by atoms with Crippen LogP contribution in [-0.4, -0.2) is 56.9 Å². The van der Waals surface area contributed by atoms with Gasteiger partial charge in [0.25, 0.3) is 0 Å². The maximum atomic E-state index is 12.8. The van der Waals surface area contributed by atoms with Crippen molar-refractivity contribution in [1.29, 1.82) is 0 Å². The Morgan fingerprint density at radius 2 is 2.00 bits per heavy atom. The number of anilines is 1. The number of nitrogens with zero attached hydrogens (tertiary/aromatic N) is 2. The third kappa shape index (κ3) is 2.97. The van der Waals surface area contributed by atoms with Gasteiger partial charge in [0.15, 0.2) is 0 Å². The molecule has 1 aliphatic rings. The summed E-state index contributed by atoms with van der Waals surface area (Å²) in [5.41, 5.74) is 0.682. The van der Waals surface area contributed by atoms with Gasteiger partial charge in [-0.2, -0.15) is 4.31 Å². The smallest absolute Gasteiger partial charge is 0.245 e. The largest absolute Gasteiger partial charge is 0.384 e. The van der Waals surface area contributed by atoms with Crippen molar-refractivity contribution in [1.82, 2.24) is 9.21 Å². The first-order chi connectivity index (χ1) is 9.46. The van der Waals surface area contributed by atoms with Crippen LogP contribution in [0.2, 0.25) is 0 Å². The Balaban J connectivity index is 2.31. The molecule has 2 rings (SSSR count). The second-order valence-electron chi connectivity index (χ2n) is 5.22. The lowest BCUT2D eigenvalue weighted by Crippen LogP contribution is -2.51. The summed E-state index contributed by atoms with van der Waals surface area (Å²) < 4.78 is 27.2. The molecule has 0 radical (unpaired) electrons. The Labute approximate surface area is 121 Å². The summed E-state index contributed by atoms with van der Waals surface area (Å²) in [5.74, 6) is 0. The summed E-state index contributed by atoms with van der Waals surface area (Å²) in [6.45, 7) is 6.57. The highest BCUT2D eigenvalue weighted by atomic mass is 32.2. The van der Waals surface area contributed by atoms with Crippen molar-refractivity contribution in [3.63, 3.8) is 0 Å². The van der Waals surface area contributed by atoms with Gasteiger partial charge in [0.2, 0.25) is 10.0 Å². The number of para-hydroxylation sites is 1. The second-order valence-corrected chi connectivity index (χ2v) is 7.13. The molecule has 1 saturated heterocycles. The zero-order valence-electron chi connectivity index (χ0n) is 12.3. The van der Waals surface area contributed by atoms with Crippen LogP contribution in [0.1, 0.15) is 13.8 Å². The first kappa shape index (κ1) is 15.3. The molecule has 1 unspecified atom stereocenters. The summed E-state index contributed by atoms with van der Waals surface area (Å²) >= 11 is 0. The number of likely N-dealkylation sites (N-methyl/N-ethyl adjacent to an activating group) is 1. The maximum Gasteiger partial charge on any atom is 0.245 e. The third-order valence-electron chi connectivity index (χ3n) is 3.79. The lowest BCUT2D eigenvalue weighted by Gasteiger charge is -2.37. The fourth-order valence-corrected chi connectivity index (χ4v) is 4.08. The summed E-state index contributed by atoms with van der Waals surface area (Å²) in [4.78, 5) is 2.56. The van der Waals surface area contributed by atoms with Gasteiger partial charge in [-0.3, -0.25) is 0 Å². The molecule has 0 saturated carbocycles. The quantitative estimate of drug-likeness (QED) is 0.914. The van der Waals surface area contributed by atoms with Gasteiger partial charge >= 0.3 is 0 Å². The molecule has 0 bridgehead atoms. The average Bonchev–Trinajstić information content (AvgIpc) is 2.42. The molecule has 1 atom stereocenters. The van der Waals surface area contributed by atoms with Crippen LogP contribution in [0.3, 0.4) is 0 Å². The van der Waals surface area contributed by atoms with Crippen LogP contribution in [0.25, 0.3) is 0 Å². The van der Waals surface area contributed by atoms with Crippen molar-refractivity contribution < 1.29 is 8.42 Å². The van der Waals surface area contributed by atoms with E-state index in [4.69, 9.17) is 0 Å². The Morgan fingerprint density at radius 1 is 1.30 bits per heavy atom. The van der Waals surface area contributed by atoms with E-state index in [1.807, 2.05) is 26.1 Å². The average molecular weight is 297 g/mol. The highest BCUT2D eigenvalue weighted by Gasteiger charge is 2.32. The number of piperazine rings is 1. The Bertz CT molecular complexity index is 559. The third-order valence-corrected chi connectivity index (χ3v) is 5.72. The molecule has 1 N–H and O–H groups in total. The molecule has 20 heavy (non-hydrogen) atoms. The van der Waals surface area contributed by atoms with E-state index < -0.39 is 10.0 Å². The van der Waals surface area contributed by atoms with Gasteiger partial charge in [-0.15, -0.1) is 0 Å². The highest BCUT2D eigenvalue weighted by Crippen LogP contribution is 2.25. The number of benzene rings is 1. The van der Waals surface area contributed by atoms with Gasteiger partial charge in [-0.1, -0.05) is 12.1 Å². The van der Waals surface area contributed by atoms with E-state index in [1.54, 1.807) is 16.4 Å². The minimum absolute atomic E-state index is 0.241. The lowest BCUT2D eigenvalue weighted by atomic mass is 10.2. The van der Waals surface area contributed by atoms with E-state index in [9.17, 15) is 8.42 Å². The number of nitrogens with one attached hydrogen (secondary N) is 1. The van der Waals surface area contributed by atoms with Crippen molar-refractivity contribution in [2.45, 2.75) is 24.8 Å². The van der Waals surface area contributed by atoms with Crippen molar-refractivity contribution in [2.24, 2.45) is 0 Å². The number of hydrogen-bond acceptors (Lipinski definition) is 4. The lowest BCUT2D eigenvalue weighted by molar-refractivity contribution is 0.159. The van der Waals surface area contributed by atoms with E-state index in [1.165, 1.54) is 0 Å². The maximum absolute atomic E-state index is 12.8. The topological polar surface area (TPSA) is 52.7 Å². The summed E-state index contributed by atoms with van der Waals surface area (Å²) in [6.07, 6.45) is 0. The van der Waals surface area contributed by atoms with Gasteiger partial charge in [0.1, 0.15) is 4.90 Å². The van der Waals surface area contributed by atoms with Crippen LogP contribution in [0.15, 0.2) is 29.2 Å². The van der Waals surface area contributed by atoms with Gasteiger partial charge in [-0.05, 0) is 33.0 Å². The predicted molar refractivity (Wildman–Crippen MR) is 81.5 cm³/mol. The molecular formula is C14H23N3O2S. The fourth-order valence-electron chi connectivity index (χ4n) is 2.40. The molecule has 0 aliphatic carbocycles. The van der Waals surface area contributed by atoms with E-state index >= 15 is 0 Å². The normalized spacial score (nSPS) is 21.9. The molecule has 1 fully saturated rings. The van der Waals surface area contributed by atoms with Crippen LogP contribution >= 0.6 is 0 Å². The van der Waals surface area contributed by atoms with Crippen LogP contribution in [-0.2, 0) is 10.0 Å². The molecule has 1 heterocycles. The first-order valence-electron chi connectivity index (χ1n) is 7.00. The Hall–Kier alpha value is -1.11. The molecule has 6 heteroatoms. The molecule has 5 nitrogen and oxygen atoms in total. The van der Waals surface area contributed by atoms with Crippen molar-refractivity contribution >= 4 is 15.7 Å². The number of sulfonamides is 1. The van der Waals surface area contributed by atoms with E-state index in [0.717, 1.165) is 6.54 Å². The van der Waals surface area contributed by atoms with E-state index in [-0.39, 0.29) is 6.04 Å². The number of hydrogen-bond donors (Lipinski definition) is 1. The summed E-state index contributed by atoms with van der Waals surface area (Å²) in [6, 6.07) is 7.35. The molecule has 1 aliphatic heterocycles. The highest BCUT2D eigenvalue weighted by molar-refractivity contribution is 7.89. The molecule has 0 spiro atoms. The van der Waals surface area contributed by atoms with Crippen LogP contribution < -0.4 is 5.32 Å². The van der Waals surface area contributed by atoms with Gasteiger partial charge in [0, 0.05) is 32.2 Å². The first-order valence-corrected chi connectivity index (χ1v) is 8.44. The Morgan fingerprint density at radius 3 is 2.65 bits per heavy atom. The second kappa shape index (κ2) is 6.11. The van der Waals surface area contributed by atoms with Crippen molar-refractivity contribution in [2.75, 3.05) is 38.5 Å². The minimum Gasteiger partial charge on any atom is -0.384 e. The number of rotatable bonds is 4. The molecule has 0 aromatic heterocycles. The standard InChI is InChI=1S/C14H23N3O2S/c1-4-15-13-7-5-6-8-14(13)20(18,19)17-10-9-16(3)12(2)11-17/h5-8,12,15H,4,9-11H2,1-3H3. The fraction of sp³-hybridized carbons (Fsp3) is 0.571. The molecule has 112 valence electrons. The monoisotopic (exact) mass is 297 g/mol. The molecule has 1 aromatic rings. The van der Waals surface area contributed by atoms with E-state index in [0.29, 0.717) is 30.2 Å². The van der Waals surface area contributed by atoms with Gasteiger partial charge in [-0.25, -0.2) is 8.42 Å². The van der Waals surface area contributed by atoms with Crippen molar-refractivity contribution in [3.8, 4) is 0 Å². The van der Waals surface area contributed by atoms with Crippen molar-refractivity contribution in [3.05, 3.63) is 24.3 Å². The van der Waals surface area contributed by atoms with Crippen LogP contribution in [0, 0.1) is 0 Å². The van der Waals surface area contributed by atoms with Gasteiger partial charge in [0.05, 0.1) is 5.69 Å². The molecule has 0 amide bonds. The SMILES string of the molecule is CCNc1ccccc1S(=O)(=O)N1CCN(C)C(C)C1. The zero-order chi connectivity index (χ0) is 14.8. The van der Waals surface area contributed by atoms with Gasteiger partial charge < -0.3 is 10.2 Å². The molecule has 1 aromatic carbocycles. The Kier molecular flexibility index (Phi) is 4.67. The summed E-state index contributed by atoms with van der Waals surface area (Å²) in [5, 5.41) is 3.13. The minimum atomic E-state index is -3.43. The van der Waals surface area contributed by atoms with Crippen LogP contribution in [0.4, 0.5) is 5.69 Å².